The van der Waals surface area contributed by atoms with E-state index in [1.165, 1.54) is 6.07 Å². The summed E-state index contributed by atoms with van der Waals surface area (Å²) in [7, 11) is 0. The van der Waals surface area contributed by atoms with E-state index < -0.39 is 17.8 Å². The average Bonchev–Trinajstić information content (AvgIpc) is 3.63. The molecule has 1 aliphatic carbocycles. The maximum Gasteiger partial charge on any atom is 0.433 e. The summed E-state index contributed by atoms with van der Waals surface area (Å²) in [4.78, 5) is 45.2. The quantitative estimate of drug-likeness (QED) is 0.589. The first kappa shape index (κ1) is 24.8. The first-order chi connectivity index (χ1) is 18.2. The van der Waals surface area contributed by atoms with Gasteiger partial charge in [0.05, 0.1) is 30.1 Å². The normalized spacial score (nSPS) is 26.6. The minimum Gasteiger partial charge on any atom is -0.374 e. The number of halogens is 3. The fourth-order valence-corrected chi connectivity index (χ4v) is 6.16. The van der Waals surface area contributed by atoms with E-state index >= 15 is 0 Å². The van der Waals surface area contributed by atoms with Gasteiger partial charge in [-0.1, -0.05) is 6.07 Å². The zero-order chi connectivity index (χ0) is 26.6. The first-order valence-corrected chi connectivity index (χ1v) is 12.9. The third kappa shape index (κ3) is 4.42. The van der Waals surface area contributed by atoms with Gasteiger partial charge in [-0.2, -0.15) is 13.2 Å². The molecule has 1 saturated carbocycles. The van der Waals surface area contributed by atoms with E-state index in [2.05, 4.69) is 15.2 Å². The molecule has 0 radical (unpaired) electrons. The lowest BCUT2D eigenvalue weighted by molar-refractivity contribution is -0.141. The molecule has 0 unspecified atom stereocenters. The van der Waals surface area contributed by atoms with E-state index in [4.69, 9.17) is 4.74 Å². The Bertz CT molecular complexity index is 1290. The summed E-state index contributed by atoms with van der Waals surface area (Å²) in [6.45, 7) is 1.51. The van der Waals surface area contributed by atoms with Gasteiger partial charge in [0.2, 0.25) is 0 Å². The molecule has 8 nitrogen and oxygen atoms in total. The highest BCUT2D eigenvalue weighted by Crippen LogP contribution is 2.41. The molecule has 2 atom stereocenters. The maximum atomic E-state index is 13.5. The highest BCUT2D eigenvalue weighted by atomic mass is 19.4. The molecule has 2 bridgehead atoms. The predicted molar refractivity (Wildman–Crippen MR) is 131 cm³/mol. The van der Waals surface area contributed by atoms with Crippen molar-refractivity contribution in [3.8, 4) is 0 Å². The Labute approximate surface area is 217 Å². The van der Waals surface area contributed by atoms with E-state index in [9.17, 15) is 27.6 Å². The van der Waals surface area contributed by atoms with Crippen LogP contribution in [0.3, 0.4) is 0 Å². The third-order valence-electron chi connectivity index (χ3n) is 8.16. The van der Waals surface area contributed by atoms with Gasteiger partial charge in [0.15, 0.2) is 0 Å². The number of benzene rings is 1. The Hall–Kier alpha value is -3.47. The van der Waals surface area contributed by atoms with Crippen LogP contribution >= 0.6 is 0 Å². The molecule has 3 fully saturated rings. The molecule has 2 aromatic rings. The molecule has 4 aliphatic rings. The highest BCUT2D eigenvalue weighted by Gasteiger charge is 2.42. The van der Waals surface area contributed by atoms with E-state index in [-0.39, 0.29) is 35.7 Å². The lowest BCUT2D eigenvalue weighted by atomic mass is 9.86. The van der Waals surface area contributed by atoms with Crippen molar-refractivity contribution in [2.45, 2.75) is 63.0 Å². The van der Waals surface area contributed by atoms with Crippen LogP contribution in [0.25, 0.3) is 0 Å². The van der Waals surface area contributed by atoms with Gasteiger partial charge < -0.3 is 24.6 Å². The van der Waals surface area contributed by atoms with Crippen LogP contribution in [0.1, 0.15) is 64.2 Å². The van der Waals surface area contributed by atoms with Gasteiger partial charge >= 0.3 is 6.18 Å². The smallest absolute Gasteiger partial charge is 0.374 e. The van der Waals surface area contributed by atoms with Crippen LogP contribution < -0.4 is 10.2 Å². The van der Waals surface area contributed by atoms with Crippen LogP contribution in [0, 0.1) is 5.92 Å². The number of ether oxygens (including phenoxy) is 1. The Kier molecular flexibility index (Phi) is 6.13. The third-order valence-corrected chi connectivity index (χ3v) is 8.16. The van der Waals surface area contributed by atoms with Crippen molar-refractivity contribution in [2.75, 3.05) is 23.4 Å². The fraction of sp³-hybridized carbons (Fsp3) is 0.481. The minimum absolute atomic E-state index is 0.0389. The van der Waals surface area contributed by atoms with Gasteiger partial charge in [-0.3, -0.25) is 9.59 Å². The van der Waals surface area contributed by atoms with Crippen molar-refractivity contribution in [2.24, 2.45) is 5.92 Å². The van der Waals surface area contributed by atoms with Crippen LogP contribution in [0.15, 0.2) is 30.3 Å². The van der Waals surface area contributed by atoms with Gasteiger partial charge in [0.25, 0.3) is 11.8 Å². The number of aromatic nitrogens is 1. The predicted octanol–water partition coefficient (Wildman–Crippen LogP) is 4.04. The SMILES string of the molecule is O=C[C@H]1CC[C@H](N2Cc3cc(NC(=O)c4cccc(C(F)(F)F)n4)c(N4C[C@H]5C[C@@H]4CO5)cc3C2=O)CC1. The molecular weight excluding hydrogens is 501 g/mol. The largest absolute Gasteiger partial charge is 0.433 e. The average molecular weight is 529 g/mol. The number of nitrogens with one attached hydrogen (secondary N) is 1. The van der Waals surface area contributed by atoms with Crippen LogP contribution in [0.2, 0.25) is 0 Å². The molecule has 3 aliphatic heterocycles. The summed E-state index contributed by atoms with van der Waals surface area (Å²) in [5.74, 6) is -0.794. The first-order valence-electron chi connectivity index (χ1n) is 12.9. The summed E-state index contributed by atoms with van der Waals surface area (Å²) in [6.07, 6.45) is 0.232. The molecule has 11 heteroatoms. The van der Waals surface area contributed by atoms with Gasteiger partial charge in [-0.05, 0) is 61.9 Å². The number of anilines is 2. The standard InChI is InChI=1S/C27H27F3N4O4/c28-27(29,30)24-3-1-2-21(31-24)25(36)32-22-8-16-11-34(17-6-4-15(13-35)5-7-17)26(37)20(16)10-23(22)33-12-19-9-18(33)14-38-19/h1-3,8,10,13,15,17-19H,4-7,9,11-12,14H2,(H,32,36)/t15-,17-,18-,19-/m1/s1. The van der Waals surface area contributed by atoms with Crippen molar-refractivity contribution in [1.82, 2.24) is 9.88 Å². The van der Waals surface area contributed by atoms with E-state index in [0.29, 0.717) is 36.6 Å². The number of amides is 2. The zero-order valence-corrected chi connectivity index (χ0v) is 20.5. The van der Waals surface area contributed by atoms with Crippen molar-refractivity contribution in [3.05, 3.63) is 52.8 Å². The Morgan fingerprint density at radius 3 is 2.55 bits per heavy atom. The summed E-state index contributed by atoms with van der Waals surface area (Å²) in [5.41, 5.74) is 0.918. The lowest BCUT2D eigenvalue weighted by Crippen LogP contribution is -2.38. The van der Waals surface area contributed by atoms with Crippen molar-refractivity contribution < 1.29 is 32.3 Å². The van der Waals surface area contributed by atoms with E-state index in [1.807, 2.05) is 4.90 Å². The number of fused-ring (bicyclic) bond motifs is 3. The van der Waals surface area contributed by atoms with E-state index in [0.717, 1.165) is 56.1 Å². The molecule has 1 aromatic heterocycles. The van der Waals surface area contributed by atoms with Crippen molar-refractivity contribution in [1.29, 1.82) is 0 Å². The van der Waals surface area contributed by atoms with Crippen LogP contribution in [-0.2, 0) is 22.3 Å². The number of nitrogens with zero attached hydrogens (tertiary/aromatic N) is 3. The highest BCUT2D eigenvalue weighted by molar-refractivity contribution is 6.07. The Balaban J connectivity index is 1.31. The number of carbonyl (C=O) groups excluding carboxylic acids is 3. The molecule has 2 amide bonds. The second-order valence-corrected chi connectivity index (χ2v) is 10.5. The molecule has 6 rings (SSSR count). The summed E-state index contributed by atoms with van der Waals surface area (Å²) >= 11 is 0. The van der Waals surface area contributed by atoms with Crippen molar-refractivity contribution >= 4 is 29.5 Å². The summed E-state index contributed by atoms with van der Waals surface area (Å²) < 4.78 is 45.2. The molecular formula is C27H27F3N4O4. The summed E-state index contributed by atoms with van der Waals surface area (Å²) in [5, 5.41) is 2.77. The number of alkyl halides is 3. The number of hydrogen-bond donors (Lipinski definition) is 1. The maximum absolute atomic E-state index is 13.5. The fourth-order valence-electron chi connectivity index (χ4n) is 6.16. The molecule has 4 heterocycles. The number of pyridine rings is 1. The lowest BCUT2D eigenvalue weighted by Gasteiger charge is -2.33. The number of morpholine rings is 1. The molecule has 200 valence electrons. The minimum atomic E-state index is -4.67. The Morgan fingerprint density at radius 1 is 1.11 bits per heavy atom. The number of hydrogen-bond acceptors (Lipinski definition) is 6. The molecule has 1 aromatic carbocycles. The monoisotopic (exact) mass is 528 g/mol. The van der Waals surface area contributed by atoms with E-state index in [1.54, 1.807) is 12.1 Å². The zero-order valence-electron chi connectivity index (χ0n) is 20.5. The van der Waals surface area contributed by atoms with Gasteiger partial charge in [0.1, 0.15) is 17.7 Å². The molecule has 0 spiro atoms. The number of rotatable bonds is 5. The van der Waals surface area contributed by atoms with Gasteiger partial charge in [0, 0.05) is 30.6 Å². The number of aldehydes is 1. The molecule has 38 heavy (non-hydrogen) atoms. The second kappa shape index (κ2) is 9.37. The number of carbonyl (C=O) groups is 3. The van der Waals surface area contributed by atoms with Gasteiger partial charge in [-0.15, -0.1) is 0 Å². The van der Waals surface area contributed by atoms with Crippen molar-refractivity contribution in [3.63, 3.8) is 0 Å². The van der Waals surface area contributed by atoms with Crippen LogP contribution in [0.4, 0.5) is 24.5 Å². The second-order valence-electron chi connectivity index (χ2n) is 10.5. The van der Waals surface area contributed by atoms with Crippen LogP contribution in [-0.4, -0.2) is 59.3 Å². The molecule has 1 N–H and O–H groups in total. The van der Waals surface area contributed by atoms with Gasteiger partial charge in [-0.25, -0.2) is 4.98 Å². The summed E-state index contributed by atoms with van der Waals surface area (Å²) in [6, 6.07) is 6.90. The topological polar surface area (TPSA) is 91.8 Å². The molecule has 2 saturated heterocycles. The Morgan fingerprint density at radius 2 is 1.89 bits per heavy atom. The van der Waals surface area contributed by atoms with Crippen LogP contribution in [0.5, 0.6) is 0 Å².